The van der Waals surface area contributed by atoms with E-state index >= 15 is 0 Å². The van der Waals surface area contributed by atoms with Crippen LogP contribution in [0.15, 0.2) is 32.9 Å². The quantitative estimate of drug-likeness (QED) is 0.516. The molecule has 9 nitrogen and oxygen atoms in total. The molecule has 2 aromatic heterocycles. The van der Waals surface area contributed by atoms with E-state index in [9.17, 15) is 9.59 Å². The summed E-state index contributed by atoms with van der Waals surface area (Å²) in [6, 6.07) is 5.42. The number of aromatic nitrogens is 4. The molecule has 28 heavy (non-hydrogen) atoms. The minimum absolute atomic E-state index is 0.262. The summed E-state index contributed by atoms with van der Waals surface area (Å²) in [7, 11) is 4.68. The molecule has 3 aromatic rings. The molecule has 0 radical (unpaired) electrons. The van der Waals surface area contributed by atoms with Gasteiger partial charge in [-0.05, 0) is 37.6 Å². The average molecular weight is 405 g/mol. The van der Waals surface area contributed by atoms with Crippen molar-refractivity contribution >= 4 is 34.4 Å². The number of hydrogen-bond donors (Lipinski definition) is 1. The molecule has 0 bridgehead atoms. The molecular formula is C18H21ClN6O3. The normalized spacial score (nSPS) is 11.9. The number of aryl methyl sites for hydroxylation is 3. The molecule has 0 saturated heterocycles. The van der Waals surface area contributed by atoms with Crippen LogP contribution >= 0.6 is 11.6 Å². The number of nitrogens with zero attached hydrogens (tertiary/aromatic N) is 5. The minimum Gasteiger partial charge on any atom is -0.488 e. The monoisotopic (exact) mass is 404 g/mol. The number of fused-ring (bicyclic) bond motifs is 1. The van der Waals surface area contributed by atoms with Crippen LogP contribution < -0.4 is 21.4 Å². The van der Waals surface area contributed by atoms with Gasteiger partial charge in [0.25, 0.3) is 5.56 Å². The van der Waals surface area contributed by atoms with Crippen LogP contribution in [-0.2, 0) is 21.1 Å². The molecule has 3 rings (SSSR count). The first-order chi connectivity index (χ1) is 13.2. The van der Waals surface area contributed by atoms with Crippen LogP contribution in [0, 0.1) is 6.92 Å². The van der Waals surface area contributed by atoms with Gasteiger partial charge in [0.05, 0.1) is 5.71 Å². The van der Waals surface area contributed by atoms with Gasteiger partial charge < -0.3 is 9.30 Å². The van der Waals surface area contributed by atoms with Crippen molar-refractivity contribution in [1.82, 2.24) is 18.7 Å². The van der Waals surface area contributed by atoms with Crippen LogP contribution in [0.5, 0.6) is 5.75 Å². The third-order valence-corrected chi connectivity index (χ3v) is 4.82. The maximum atomic E-state index is 12.4. The third-order valence-electron chi connectivity index (χ3n) is 4.40. The highest BCUT2D eigenvalue weighted by Crippen LogP contribution is 2.21. The van der Waals surface area contributed by atoms with E-state index in [1.54, 1.807) is 37.7 Å². The predicted octanol–water partition coefficient (Wildman–Crippen LogP) is 1.80. The second-order valence-electron chi connectivity index (χ2n) is 6.53. The summed E-state index contributed by atoms with van der Waals surface area (Å²) in [4.78, 5) is 28.8. The highest BCUT2D eigenvalue weighted by atomic mass is 35.5. The zero-order valence-corrected chi connectivity index (χ0v) is 17.0. The zero-order valence-electron chi connectivity index (χ0n) is 16.3. The molecular weight excluding hydrogens is 384 g/mol. The van der Waals surface area contributed by atoms with Gasteiger partial charge >= 0.3 is 5.69 Å². The molecule has 1 N–H and O–H groups in total. The van der Waals surface area contributed by atoms with Gasteiger partial charge in [0.1, 0.15) is 12.4 Å². The van der Waals surface area contributed by atoms with Crippen molar-refractivity contribution in [2.45, 2.75) is 13.8 Å². The van der Waals surface area contributed by atoms with Crippen molar-refractivity contribution in [2.24, 2.45) is 26.2 Å². The molecule has 0 saturated carbocycles. The number of hydrazone groups is 1. The summed E-state index contributed by atoms with van der Waals surface area (Å²) < 4.78 is 9.63. The smallest absolute Gasteiger partial charge is 0.332 e. The lowest BCUT2D eigenvalue weighted by Crippen LogP contribution is -2.37. The standard InChI is InChI=1S/C18H21ClN6O3/c1-10-8-12(6-7-13(10)19)28-9-11(2)21-22-17-20-15-14(23(17)3)16(26)25(5)18(27)24(15)4/h6-8H,9H2,1-5H3,(H,20,22). The molecule has 1 aromatic carbocycles. The van der Waals surface area contributed by atoms with E-state index in [-0.39, 0.29) is 6.61 Å². The lowest BCUT2D eigenvalue weighted by atomic mass is 10.2. The number of benzene rings is 1. The van der Waals surface area contributed by atoms with E-state index in [0.717, 1.165) is 10.1 Å². The molecule has 0 unspecified atom stereocenters. The number of halogens is 1. The first kappa shape index (κ1) is 19.7. The second-order valence-corrected chi connectivity index (χ2v) is 6.94. The third kappa shape index (κ3) is 3.53. The van der Waals surface area contributed by atoms with E-state index < -0.39 is 11.2 Å². The van der Waals surface area contributed by atoms with E-state index in [1.165, 1.54) is 11.6 Å². The molecule has 0 atom stereocenters. The highest BCUT2D eigenvalue weighted by molar-refractivity contribution is 6.31. The van der Waals surface area contributed by atoms with E-state index in [2.05, 4.69) is 15.5 Å². The first-order valence-electron chi connectivity index (χ1n) is 8.51. The molecule has 148 valence electrons. The number of rotatable bonds is 5. The Morgan fingerprint density at radius 2 is 1.93 bits per heavy atom. The minimum atomic E-state index is -0.437. The van der Waals surface area contributed by atoms with E-state index in [4.69, 9.17) is 16.3 Å². The van der Waals surface area contributed by atoms with Crippen molar-refractivity contribution < 1.29 is 4.74 Å². The Morgan fingerprint density at radius 1 is 1.21 bits per heavy atom. The van der Waals surface area contributed by atoms with Crippen LogP contribution in [0.25, 0.3) is 11.2 Å². The van der Waals surface area contributed by atoms with Crippen LogP contribution in [0.2, 0.25) is 5.02 Å². The fourth-order valence-electron chi connectivity index (χ4n) is 2.69. The average Bonchev–Trinajstić information content (AvgIpc) is 3.00. The molecule has 2 heterocycles. The van der Waals surface area contributed by atoms with Crippen molar-refractivity contribution in [2.75, 3.05) is 12.0 Å². The fraction of sp³-hybridized carbons (Fsp3) is 0.333. The lowest BCUT2D eigenvalue weighted by molar-refractivity contribution is 0.375. The summed E-state index contributed by atoms with van der Waals surface area (Å²) in [5.41, 5.74) is 4.18. The van der Waals surface area contributed by atoms with Crippen LogP contribution in [-0.4, -0.2) is 31.0 Å². The van der Waals surface area contributed by atoms with Crippen molar-refractivity contribution in [3.05, 3.63) is 49.6 Å². The SMILES string of the molecule is CC(COc1ccc(Cl)c(C)c1)=NNc1nc2c(c(=O)n(C)c(=O)n2C)n1C. The number of anilines is 1. The number of hydrogen-bond acceptors (Lipinski definition) is 6. The van der Waals surface area contributed by atoms with Gasteiger partial charge in [-0.25, -0.2) is 10.2 Å². The van der Waals surface area contributed by atoms with E-state index in [1.807, 2.05) is 13.0 Å². The van der Waals surface area contributed by atoms with Gasteiger partial charge in [-0.15, -0.1) is 0 Å². The first-order valence-corrected chi connectivity index (χ1v) is 8.89. The van der Waals surface area contributed by atoms with Crippen LogP contribution in [0.4, 0.5) is 5.95 Å². The molecule has 0 spiro atoms. The molecule has 0 fully saturated rings. The van der Waals surface area contributed by atoms with Crippen LogP contribution in [0.3, 0.4) is 0 Å². The molecule has 0 aliphatic carbocycles. The summed E-state index contributed by atoms with van der Waals surface area (Å²) >= 11 is 6.01. The Balaban J connectivity index is 1.80. The summed E-state index contributed by atoms with van der Waals surface area (Å²) in [5, 5.41) is 4.93. The molecule has 0 aliphatic rings. The Hall–Kier alpha value is -3.07. The van der Waals surface area contributed by atoms with Crippen LogP contribution in [0.1, 0.15) is 12.5 Å². The number of nitrogens with one attached hydrogen (secondary N) is 1. The lowest BCUT2D eigenvalue weighted by Gasteiger charge is -2.08. The van der Waals surface area contributed by atoms with Gasteiger partial charge in [-0.2, -0.15) is 10.1 Å². The van der Waals surface area contributed by atoms with Crippen molar-refractivity contribution in [3.8, 4) is 5.75 Å². The van der Waals surface area contributed by atoms with Gasteiger partial charge in [0.15, 0.2) is 11.2 Å². The van der Waals surface area contributed by atoms with Gasteiger partial charge in [-0.3, -0.25) is 13.9 Å². The molecule has 0 aliphatic heterocycles. The maximum absolute atomic E-state index is 12.4. The fourth-order valence-corrected chi connectivity index (χ4v) is 2.81. The van der Waals surface area contributed by atoms with Crippen molar-refractivity contribution in [3.63, 3.8) is 0 Å². The van der Waals surface area contributed by atoms with Gasteiger partial charge in [0.2, 0.25) is 5.95 Å². The maximum Gasteiger partial charge on any atom is 0.332 e. The van der Waals surface area contributed by atoms with Gasteiger partial charge in [-0.1, -0.05) is 11.6 Å². The zero-order chi connectivity index (χ0) is 20.6. The Labute approximate surface area is 165 Å². The summed E-state index contributed by atoms with van der Waals surface area (Å²) in [6.45, 7) is 3.96. The number of imidazole rings is 1. The topological polar surface area (TPSA) is 95.4 Å². The highest BCUT2D eigenvalue weighted by Gasteiger charge is 2.16. The number of ether oxygens (including phenoxy) is 1. The van der Waals surface area contributed by atoms with Crippen molar-refractivity contribution in [1.29, 1.82) is 0 Å². The van der Waals surface area contributed by atoms with E-state index in [0.29, 0.717) is 33.6 Å². The summed E-state index contributed by atoms with van der Waals surface area (Å²) in [5.74, 6) is 1.03. The summed E-state index contributed by atoms with van der Waals surface area (Å²) in [6.07, 6.45) is 0. The Bertz CT molecular complexity index is 1200. The molecule has 0 amide bonds. The molecule has 10 heteroatoms. The second kappa shape index (κ2) is 7.51. The Morgan fingerprint density at radius 3 is 2.61 bits per heavy atom. The predicted molar refractivity (Wildman–Crippen MR) is 110 cm³/mol. The van der Waals surface area contributed by atoms with Gasteiger partial charge in [0, 0.05) is 26.2 Å². The largest absolute Gasteiger partial charge is 0.488 e. The Kier molecular flexibility index (Phi) is 5.28.